The number of nitrogens with zero attached hydrogens (tertiary/aromatic N) is 1. The van der Waals surface area contributed by atoms with Crippen LogP contribution in [-0.2, 0) is 0 Å². The highest BCUT2D eigenvalue weighted by atomic mass is 19.1. The van der Waals surface area contributed by atoms with Gasteiger partial charge in [0.2, 0.25) is 0 Å². The molecule has 0 spiro atoms. The Hall–Kier alpha value is -1.95. The summed E-state index contributed by atoms with van der Waals surface area (Å²) in [6.45, 7) is 2.28. The molecule has 0 aliphatic rings. The van der Waals surface area contributed by atoms with Crippen LogP contribution in [0.3, 0.4) is 0 Å². The predicted molar refractivity (Wildman–Crippen MR) is 70.6 cm³/mol. The summed E-state index contributed by atoms with van der Waals surface area (Å²) in [5.41, 5.74) is -0.349. The largest absolute Gasteiger partial charge is 0.306 e. The van der Waals surface area contributed by atoms with Gasteiger partial charge in [-0.25, -0.2) is 17.6 Å². The molecule has 0 bridgehead atoms. The molecule has 21 heavy (non-hydrogen) atoms. The Morgan fingerprint density at radius 3 is 2.33 bits per heavy atom. The van der Waals surface area contributed by atoms with Crippen molar-refractivity contribution in [2.75, 3.05) is 6.54 Å². The molecule has 0 saturated carbocycles. The van der Waals surface area contributed by atoms with Crippen LogP contribution < -0.4 is 5.32 Å². The van der Waals surface area contributed by atoms with Gasteiger partial charge in [-0.05, 0) is 19.0 Å². The number of nitrogens with one attached hydrogen (secondary N) is 1. The maximum Gasteiger partial charge on any atom is 0.146 e. The van der Waals surface area contributed by atoms with Crippen LogP contribution in [0, 0.1) is 23.3 Å². The second-order valence-electron chi connectivity index (χ2n) is 4.57. The van der Waals surface area contributed by atoms with Crippen molar-refractivity contribution in [2.24, 2.45) is 0 Å². The summed E-state index contributed by atoms with van der Waals surface area (Å²) < 4.78 is 54.8. The van der Waals surface area contributed by atoms with Crippen LogP contribution in [0.2, 0.25) is 0 Å². The molecule has 112 valence electrons. The molecule has 1 N–H and O–H groups in total. The quantitative estimate of drug-likeness (QED) is 0.851. The van der Waals surface area contributed by atoms with E-state index < -0.39 is 34.9 Å². The Labute approximate surface area is 119 Å². The highest BCUT2D eigenvalue weighted by Crippen LogP contribution is 2.29. The molecule has 1 heterocycles. The van der Waals surface area contributed by atoms with Gasteiger partial charge in [-0.1, -0.05) is 6.92 Å². The predicted octanol–water partition coefficient (Wildman–Crippen LogP) is 3.73. The minimum absolute atomic E-state index is 0.0582. The van der Waals surface area contributed by atoms with Crippen LogP contribution >= 0.6 is 0 Å². The van der Waals surface area contributed by atoms with Gasteiger partial charge in [0.25, 0.3) is 0 Å². The Morgan fingerprint density at radius 1 is 1.10 bits per heavy atom. The number of benzene rings is 1. The molecule has 0 saturated heterocycles. The lowest BCUT2D eigenvalue weighted by Gasteiger charge is -2.21. The number of hydrogen-bond donors (Lipinski definition) is 1. The zero-order chi connectivity index (χ0) is 15.4. The third kappa shape index (κ3) is 3.39. The minimum Gasteiger partial charge on any atom is -0.306 e. The Bertz CT molecular complexity index is 608. The van der Waals surface area contributed by atoms with Gasteiger partial charge in [-0.2, -0.15) is 0 Å². The zero-order valence-electron chi connectivity index (χ0n) is 11.3. The summed E-state index contributed by atoms with van der Waals surface area (Å²) in [5.74, 6) is -3.82. The summed E-state index contributed by atoms with van der Waals surface area (Å²) in [4.78, 5) is 3.61. The fourth-order valence-electron chi connectivity index (χ4n) is 2.11. The summed E-state index contributed by atoms with van der Waals surface area (Å²) in [7, 11) is 0. The van der Waals surface area contributed by atoms with Crippen LogP contribution in [0.1, 0.15) is 30.5 Å². The van der Waals surface area contributed by atoms with E-state index in [9.17, 15) is 17.6 Å². The minimum atomic E-state index is -1.06. The van der Waals surface area contributed by atoms with E-state index in [1.807, 2.05) is 6.92 Å². The SMILES string of the molecule is CCCNC(c1ccncc1F)c1c(F)cc(F)cc1F. The molecule has 2 nitrogen and oxygen atoms in total. The molecule has 0 aliphatic heterocycles. The van der Waals surface area contributed by atoms with Crippen LogP contribution in [0.4, 0.5) is 17.6 Å². The van der Waals surface area contributed by atoms with Crippen molar-refractivity contribution in [3.63, 3.8) is 0 Å². The smallest absolute Gasteiger partial charge is 0.146 e. The third-order valence-electron chi connectivity index (χ3n) is 3.05. The highest BCUT2D eigenvalue weighted by Gasteiger charge is 2.24. The van der Waals surface area contributed by atoms with Crippen molar-refractivity contribution in [3.8, 4) is 0 Å². The maximum absolute atomic E-state index is 13.9. The molecular formula is C15H14F4N2. The first-order valence-electron chi connectivity index (χ1n) is 6.51. The second-order valence-corrected chi connectivity index (χ2v) is 4.57. The van der Waals surface area contributed by atoms with E-state index >= 15 is 0 Å². The molecule has 1 unspecified atom stereocenters. The standard InChI is InChI=1S/C15H14F4N2/c1-2-4-21-15(10-3-5-20-8-13(10)19)14-11(17)6-9(16)7-12(14)18/h3,5-8,15,21H,2,4H2,1H3. The van der Waals surface area contributed by atoms with Crippen LogP contribution in [0.25, 0.3) is 0 Å². The Balaban J connectivity index is 2.54. The van der Waals surface area contributed by atoms with Crippen molar-refractivity contribution < 1.29 is 17.6 Å². The lowest BCUT2D eigenvalue weighted by Crippen LogP contribution is -2.26. The van der Waals surface area contributed by atoms with Gasteiger partial charge in [-0.15, -0.1) is 0 Å². The van der Waals surface area contributed by atoms with Gasteiger partial charge in [0.05, 0.1) is 12.2 Å². The first-order valence-corrected chi connectivity index (χ1v) is 6.51. The van der Waals surface area contributed by atoms with E-state index in [0.717, 1.165) is 6.20 Å². The van der Waals surface area contributed by atoms with E-state index in [1.54, 1.807) is 0 Å². The maximum atomic E-state index is 13.9. The summed E-state index contributed by atoms with van der Waals surface area (Å²) in [5, 5.41) is 2.87. The average Bonchev–Trinajstić information content (AvgIpc) is 2.42. The summed E-state index contributed by atoms with van der Waals surface area (Å²) in [6, 6.07) is 1.45. The van der Waals surface area contributed by atoms with Crippen molar-refractivity contribution >= 4 is 0 Å². The Morgan fingerprint density at radius 2 is 1.76 bits per heavy atom. The van der Waals surface area contributed by atoms with Gasteiger partial charge in [0.1, 0.15) is 23.3 Å². The van der Waals surface area contributed by atoms with Crippen LogP contribution in [0.5, 0.6) is 0 Å². The summed E-state index contributed by atoms with van der Waals surface area (Å²) in [6.07, 6.45) is 2.99. The number of hydrogen-bond acceptors (Lipinski definition) is 2. The van der Waals surface area contributed by atoms with Gasteiger partial charge >= 0.3 is 0 Å². The van der Waals surface area contributed by atoms with Crippen molar-refractivity contribution in [1.82, 2.24) is 10.3 Å². The number of aromatic nitrogens is 1. The first-order chi connectivity index (χ1) is 10.0. The molecule has 1 aromatic heterocycles. The molecule has 0 aliphatic carbocycles. The molecule has 1 atom stereocenters. The third-order valence-corrected chi connectivity index (χ3v) is 3.05. The highest BCUT2D eigenvalue weighted by molar-refractivity contribution is 5.34. The number of halogens is 4. The van der Waals surface area contributed by atoms with E-state index in [1.165, 1.54) is 12.3 Å². The molecule has 1 aromatic carbocycles. The fourth-order valence-corrected chi connectivity index (χ4v) is 2.11. The van der Waals surface area contributed by atoms with Crippen LogP contribution in [-0.4, -0.2) is 11.5 Å². The molecule has 2 aromatic rings. The molecule has 6 heteroatoms. The Kier molecular flexibility index (Phi) is 4.90. The molecule has 0 amide bonds. The molecule has 0 radical (unpaired) electrons. The van der Waals surface area contributed by atoms with Crippen molar-refractivity contribution in [2.45, 2.75) is 19.4 Å². The van der Waals surface area contributed by atoms with Gasteiger partial charge in [-0.3, -0.25) is 4.98 Å². The average molecular weight is 298 g/mol. The van der Waals surface area contributed by atoms with E-state index in [-0.39, 0.29) is 5.56 Å². The molecule has 0 fully saturated rings. The topological polar surface area (TPSA) is 24.9 Å². The molecule has 2 rings (SSSR count). The van der Waals surface area contributed by atoms with Crippen molar-refractivity contribution in [3.05, 3.63) is 65.0 Å². The lowest BCUT2D eigenvalue weighted by molar-refractivity contribution is 0.475. The molecular weight excluding hydrogens is 284 g/mol. The first kappa shape index (κ1) is 15.4. The van der Waals surface area contributed by atoms with Gasteiger partial charge in [0, 0.05) is 29.5 Å². The van der Waals surface area contributed by atoms with E-state index in [4.69, 9.17) is 0 Å². The number of rotatable bonds is 5. The fraction of sp³-hybridized carbons (Fsp3) is 0.267. The van der Waals surface area contributed by atoms with Gasteiger partial charge in [0.15, 0.2) is 0 Å². The van der Waals surface area contributed by atoms with E-state index in [0.29, 0.717) is 25.1 Å². The van der Waals surface area contributed by atoms with E-state index in [2.05, 4.69) is 10.3 Å². The second kappa shape index (κ2) is 6.67. The number of pyridine rings is 1. The van der Waals surface area contributed by atoms with Crippen LogP contribution in [0.15, 0.2) is 30.6 Å². The zero-order valence-corrected chi connectivity index (χ0v) is 11.3. The van der Waals surface area contributed by atoms with Crippen molar-refractivity contribution in [1.29, 1.82) is 0 Å². The lowest BCUT2D eigenvalue weighted by atomic mass is 9.97. The normalized spacial score (nSPS) is 12.4. The van der Waals surface area contributed by atoms with Gasteiger partial charge < -0.3 is 5.32 Å². The summed E-state index contributed by atoms with van der Waals surface area (Å²) >= 11 is 0. The monoisotopic (exact) mass is 298 g/mol.